The largest absolute Gasteiger partial charge is 0.462 e. The SMILES string of the molecule is CCCCCCCCCCCC[SH]=CSC(C)(C)C(=O)OCCO. The van der Waals surface area contributed by atoms with Crippen molar-refractivity contribution >= 4 is 33.8 Å². The number of hydrogen-bond donors (Lipinski definition) is 2. The highest BCUT2D eigenvalue weighted by molar-refractivity contribution is 8.26. The van der Waals surface area contributed by atoms with Crippen LogP contribution >= 0.6 is 23.1 Å². The van der Waals surface area contributed by atoms with Gasteiger partial charge >= 0.3 is 5.97 Å². The van der Waals surface area contributed by atoms with Crippen molar-refractivity contribution in [3.05, 3.63) is 0 Å². The lowest BCUT2D eigenvalue weighted by atomic mass is 10.1. The van der Waals surface area contributed by atoms with Crippen LogP contribution in [0.4, 0.5) is 0 Å². The van der Waals surface area contributed by atoms with Crippen molar-refractivity contribution in [1.82, 2.24) is 0 Å². The van der Waals surface area contributed by atoms with Gasteiger partial charge in [-0.2, -0.15) is 11.4 Å². The van der Waals surface area contributed by atoms with Gasteiger partial charge in [-0.3, -0.25) is 4.79 Å². The summed E-state index contributed by atoms with van der Waals surface area (Å²) in [5.41, 5.74) is 0. The number of carbonyl (C=O) groups excluding carboxylic acids is 1. The molecular weight excluding hydrogens is 340 g/mol. The number of rotatable bonds is 16. The van der Waals surface area contributed by atoms with E-state index in [2.05, 4.69) is 11.6 Å². The smallest absolute Gasteiger partial charge is 0.322 e. The van der Waals surface area contributed by atoms with Gasteiger partial charge in [-0.15, -0.1) is 11.8 Å². The number of thioether (sulfide) groups is 1. The number of hydrogen-bond acceptors (Lipinski definition) is 4. The normalized spacial score (nSPS) is 12.3. The predicted molar refractivity (Wildman–Crippen MR) is 111 cm³/mol. The minimum atomic E-state index is -0.569. The number of aliphatic hydroxyl groups excluding tert-OH is 1. The molecule has 0 bridgehead atoms. The van der Waals surface area contributed by atoms with E-state index < -0.39 is 4.75 Å². The Labute approximate surface area is 157 Å². The Balaban J connectivity index is 3.50. The van der Waals surface area contributed by atoms with Crippen LogP contribution in [0.3, 0.4) is 0 Å². The van der Waals surface area contributed by atoms with Crippen molar-refractivity contribution in [2.45, 2.75) is 89.7 Å². The number of aliphatic hydroxyl groups is 1. The molecule has 0 heterocycles. The number of esters is 1. The van der Waals surface area contributed by atoms with E-state index >= 15 is 0 Å². The van der Waals surface area contributed by atoms with Gasteiger partial charge in [0.05, 0.1) is 6.61 Å². The van der Waals surface area contributed by atoms with Gasteiger partial charge in [-0.05, 0) is 30.7 Å². The molecule has 0 saturated carbocycles. The molecule has 0 rings (SSSR count). The average molecular weight is 379 g/mol. The van der Waals surface area contributed by atoms with Crippen LogP contribution in [0.5, 0.6) is 0 Å². The van der Waals surface area contributed by atoms with E-state index in [4.69, 9.17) is 9.84 Å². The fraction of sp³-hybridized carbons (Fsp3) is 0.895. The third kappa shape index (κ3) is 14.4. The van der Waals surface area contributed by atoms with Gasteiger partial charge in [0.15, 0.2) is 0 Å². The van der Waals surface area contributed by atoms with Crippen molar-refractivity contribution in [2.24, 2.45) is 0 Å². The van der Waals surface area contributed by atoms with E-state index in [0.29, 0.717) is 0 Å². The van der Waals surface area contributed by atoms with Crippen LogP contribution in [0.2, 0.25) is 0 Å². The summed E-state index contributed by atoms with van der Waals surface area (Å²) in [6.45, 7) is 5.96. The molecule has 0 radical (unpaired) electrons. The molecule has 0 aromatic heterocycles. The molecular formula is C19H38O3S2. The number of ether oxygens (including phenoxy) is 1. The number of carbonyl (C=O) groups is 1. The lowest BCUT2D eigenvalue weighted by molar-refractivity contribution is -0.146. The highest BCUT2D eigenvalue weighted by Gasteiger charge is 2.28. The second kappa shape index (κ2) is 16.5. The molecule has 0 atom stereocenters. The third-order valence-electron chi connectivity index (χ3n) is 3.88. The third-order valence-corrected chi connectivity index (χ3v) is 6.23. The first kappa shape index (κ1) is 24.0. The summed E-state index contributed by atoms with van der Waals surface area (Å²) in [7, 11) is 0. The van der Waals surface area contributed by atoms with Gasteiger partial charge in [0, 0.05) is 0 Å². The molecule has 0 aliphatic heterocycles. The fourth-order valence-corrected chi connectivity index (χ4v) is 4.61. The molecule has 0 aliphatic carbocycles. The van der Waals surface area contributed by atoms with Crippen molar-refractivity contribution < 1.29 is 14.6 Å². The van der Waals surface area contributed by atoms with Crippen LogP contribution in [0.1, 0.15) is 85.0 Å². The second-order valence-electron chi connectivity index (χ2n) is 6.68. The summed E-state index contributed by atoms with van der Waals surface area (Å²) < 4.78 is 6.52. The number of unbranched alkanes of at least 4 members (excludes halogenated alkanes) is 9. The van der Waals surface area contributed by atoms with Gasteiger partial charge in [-0.1, -0.05) is 64.7 Å². The van der Waals surface area contributed by atoms with Crippen molar-refractivity contribution in [2.75, 3.05) is 19.0 Å². The van der Waals surface area contributed by atoms with Gasteiger partial charge in [0.2, 0.25) is 0 Å². The van der Waals surface area contributed by atoms with Gasteiger partial charge in [0.1, 0.15) is 11.4 Å². The molecule has 0 aromatic carbocycles. The Morgan fingerprint density at radius 1 is 1.04 bits per heavy atom. The van der Waals surface area contributed by atoms with Crippen LogP contribution in [0.25, 0.3) is 0 Å². The topological polar surface area (TPSA) is 46.5 Å². The molecule has 0 aliphatic rings. The fourth-order valence-electron chi connectivity index (χ4n) is 2.27. The molecule has 5 heteroatoms. The average Bonchev–Trinajstić information content (AvgIpc) is 2.56. The minimum absolute atomic E-state index is 0.0825. The van der Waals surface area contributed by atoms with Crippen molar-refractivity contribution in [3.8, 4) is 0 Å². The van der Waals surface area contributed by atoms with Gasteiger partial charge in [-0.25, -0.2) is 0 Å². The maximum atomic E-state index is 11.8. The molecule has 0 aromatic rings. The zero-order valence-electron chi connectivity index (χ0n) is 15.9. The summed E-state index contributed by atoms with van der Waals surface area (Å²) >= 11 is 2.81. The maximum Gasteiger partial charge on any atom is 0.322 e. The lowest BCUT2D eigenvalue weighted by Gasteiger charge is -2.19. The summed E-state index contributed by atoms with van der Waals surface area (Å²) in [5, 5.41) is 8.69. The van der Waals surface area contributed by atoms with Crippen molar-refractivity contribution in [3.63, 3.8) is 0 Å². The monoisotopic (exact) mass is 378 g/mol. The minimum Gasteiger partial charge on any atom is -0.462 e. The Bertz CT molecular complexity index is 331. The molecule has 1 N–H and O–H groups in total. The Kier molecular flexibility index (Phi) is 16.5. The summed E-state index contributed by atoms with van der Waals surface area (Å²) in [6.07, 6.45) is 13.7. The van der Waals surface area contributed by atoms with E-state index in [-0.39, 0.29) is 19.2 Å². The zero-order valence-corrected chi connectivity index (χ0v) is 17.6. The maximum absolute atomic E-state index is 11.8. The van der Waals surface area contributed by atoms with Gasteiger partial charge in [0.25, 0.3) is 0 Å². The quantitative estimate of drug-likeness (QED) is 0.168. The van der Waals surface area contributed by atoms with E-state index in [1.54, 1.807) is 0 Å². The van der Waals surface area contributed by atoms with E-state index in [0.717, 1.165) is 0 Å². The molecule has 0 spiro atoms. The van der Waals surface area contributed by atoms with E-state index in [1.807, 2.05) is 13.8 Å². The Hall–Kier alpha value is -0.0000000000000000763. The molecule has 3 nitrogen and oxygen atoms in total. The zero-order chi connectivity index (χ0) is 18.1. The Morgan fingerprint density at radius 2 is 1.58 bits per heavy atom. The predicted octanol–water partition coefficient (Wildman–Crippen LogP) is 5.18. The van der Waals surface area contributed by atoms with Crippen LogP contribution in [0.15, 0.2) is 0 Å². The first-order chi connectivity index (χ1) is 11.5. The van der Waals surface area contributed by atoms with Crippen LogP contribution in [-0.2, 0) is 9.53 Å². The number of thiol groups is 1. The van der Waals surface area contributed by atoms with E-state index in [1.165, 1.54) is 93.1 Å². The molecule has 0 saturated heterocycles. The van der Waals surface area contributed by atoms with Crippen LogP contribution < -0.4 is 0 Å². The molecule has 0 fully saturated rings. The summed E-state index contributed by atoms with van der Waals surface area (Å²) in [4.78, 5) is 11.8. The second-order valence-corrected chi connectivity index (χ2v) is 9.59. The summed E-state index contributed by atoms with van der Waals surface area (Å²) in [5.74, 6) is 0.914. The molecule has 0 unspecified atom stereocenters. The van der Waals surface area contributed by atoms with E-state index in [9.17, 15) is 4.79 Å². The summed E-state index contributed by atoms with van der Waals surface area (Å²) in [6, 6.07) is 0. The first-order valence-corrected chi connectivity index (χ1v) is 11.5. The highest BCUT2D eigenvalue weighted by atomic mass is 32.2. The van der Waals surface area contributed by atoms with Gasteiger partial charge < -0.3 is 9.84 Å². The Morgan fingerprint density at radius 3 is 2.12 bits per heavy atom. The first-order valence-electron chi connectivity index (χ1n) is 9.48. The standard InChI is InChI=1S/C19H38O3S2/c1-4-5-6-7-8-9-10-11-12-13-16-23-17-24-19(2,3)18(21)22-15-14-20/h17,20,23H,4-16H2,1-3H3. The molecule has 24 heavy (non-hydrogen) atoms. The highest BCUT2D eigenvalue weighted by Crippen LogP contribution is 2.24. The van der Waals surface area contributed by atoms with Crippen LogP contribution in [-0.4, -0.2) is 39.5 Å². The lowest BCUT2D eigenvalue weighted by Crippen LogP contribution is -2.30. The molecule has 144 valence electrons. The molecule has 0 amide bonds. The van der Waals surface area contributed by atoms with Crippen molar-refractivity contribution in [1.29, 1.82) is 0 Å². The van der Waals surface area contributed by atoms with Crippen LogP contribution in [0, 0.1) is 0 Å².